The van der Waals surface area contributed by atoms with E-state index in [4.69, 9.17) is 4.98 Å². The van der Waals surface area contributed by atoms with Gasteiger partial charge in [0.2, 0.25) is 0 Å². The highest BCUT2D eigenvalue weighted by atomic mass is 32.1. The average Bonchev–Trinajstić information content (AvgIpc) is 3.14. The molecule has 0 radical (unpaired) electrons. The molecule has 1 aliphatic heterocycles. The summed E-state index contributed by atoms with van der Waals surface area (Å²) in [7, 11) is 2.17. The van der Waals surface area contributed by atoms with Crippen LogP contribution in [0.4, 0.5) is 9.52 Å². The number of rotatable bonds is 3. The molecule has 1 aliphatic carbocycles. The van der Waals surface area contributed by atoms with Crippen LogP contribution in [0.25, 0.3) is 0 Å². The molecule has 134 valence electrons. The van der Waals surface area contributed by atoms with Gasteiger partial charge in [0.1, 0.15) is 5.82 Å². The van der Waals surface area contributed by atoms with E-state index in [1.54, 1.807) is 23.5 Å². The van der Waals surface area contributed by atoms with Crippen LogP contribution in [0.2, 0.25) is 0 Å². The van der Waals surface area contributed by atoms with Gasteiger partial charge in [-0.05, 0) is 31.5 Å². The van der Waals surface area contributed by atoms with Gasteiger partial charge in [-0.15, -0.1) is 11.3 Å². The summed E-state index contributed by atoms with van der Waals surface area (Å²) in [5, 5.41) is 3.29. The molecule has 3 nitrogen and oxygen atoms in total. The van der Waals surface area contributed by atoms with E-state index in [9.17, 15) is 4.39 Å². The number of halogens is 1. The van der Waals surface area contributed by atoms with Crippen LogP contribution >= 0.6 is 11.3 Å². The number of likely N-dealkylation sites (N-methyl/N-ethyl adjacent to an activating group) is 1. The third kappa shape index (κ3) is 3.20. The summed E-state index contributed by atoms with van der Waals surface area (Å²) < 4.78 is 14.7. The van der Waals surface area contributed by atoms with E-state index in [0.717, 1.165) is 68.3 Å². The molecular formula is C20H26FN3S. The minimum absolute atomic E-state index is 0.0847. The van der Waals surface area contributed by atoms with Crippen LogP contribution in [-0.2, 0) is 5.41 Å². The van der Waals surface area contributed by atoms with Crippen LogP contribution < -0.4 is 4.90 Å². The van der Waals surface area contributed by atoms with Crippen molar-refractivity contribution in [3.63, 3.8) is 0 Å². The maximum Gasteiger partial charge on any atom is 0.185 e. The van der Waals surface area contributed by atoms with Crippen molar-refractivity contribution in [3.05, 3.63) is 46.7 Å². The second-order valence-corrected chi connectivity index (χ2v) is 8.26. The van der Waals surface area contributed by atoms with Gasteiger partial charge in [0.05, 0.1) is 5.69 Å². The van der Waals surface area contributed by atoms with Gasteiger partial charge in [-0.2, -0.15) is 0 Å². The van der Waals surface area contributed by atoms with Crippen molar-refractivity contribution in [3.8, 4) is 0 Å². The molecule has 0 amide bonds. The van der Waals surface area contributed by atoms with E-state index in [0.29, 0.717) is 0 Å². The Morgan fingerprint density at radius 1 is 1.04 bits per heavy atom. The van der Waals surface area contributed by atoms with Crippen molar-refractivity contribution < 1.29 is 4.39 Å². The Morgan fingerprint density at radius 2 is 1.76 bits per heavy atom. The predicted molar refractivity (Wildman–Crippen MR) is 102 cm³/mol. The Bertz CT molecular complexity index is 715. The number of nitrogens with zero attached hydrogens (tertiary/aromatic N) is 3. The van der Waals surface area contributed by atoms with Crippen LogP contribution in [0.15, 0.2) is 29.6 Å². The van der Waals surface area contributed by atoms with Crippen LogP contribution in [0.5, 0.6) is 0 Å². The third-order valence-electron chi connectivity index (χ3n) is 5.85. The highest BCUT2D eigenvalue weighted by Crippen LogP contribution is 2.46. The van der Waals surface area contributed by atoms with Gasteiger partial charge in [-0.25, -0.2) is 9.37 Å². The monoisotopic (exact) mass is 359 g/mol. The summed E-state index contributed by atoms with van der Waals surface area (Å²) in [6.07, 6.45) is 5.54. The largest absolute Gasteiger partial charge is 0.346 e. The molecule has 25 heavy (non-hydrogen) atoms. The smallest absolute Gasteiger partial charge is 0.185 e. The SMILES string of the molecule is CN1CCN(c2nc(C3(c4ccccc4F)CCCCC3)cs2)CC1. The standard InChI is InChI=1S/C20H26FN3S/c1-23-11-13-24(14-12-23)19-22-18(15-25-19)20(9-5-2-6-10-20)16-7-3-4-8-17(16)21/h3-4,7-8,15H,2,5-6,9-14H2,1H3. The van der Waals surface area contributed by atoms with Crippen molar-refractivity contribution in [1.82, 2.24) is 9.88 Å². The van der Waals surface area contributed by atoms with E-state index in [1.807, 2.05) is 12.1 Å². The first-order valence-corrected chi connectivity index (χ1v) is 10.2. The highest BCUT2D eigenvalue weighted by Gasteiger charge is 2.40. The molecule has 1 aromatic carbocycles. The van der Waals surface area contributed by atoms with E-state index >= 15 is 0 Å². The number of piperazine rings is 1. The molecule has 0 unspecified atom stereocenters. The first kappa shape index (κ1) is 17.0. The van der Waals surface area contributed by atoms with Gasteiger partial charge in [-0.1, -0.05) is 37.5 Å². The van der Waals surface area contributed by atoms with Gasteiger partial charge in [-0.3, -0.25) is 0 Å². The van der Waals surface area contributed by atoms with Crippen molar-refractivity contribution in [2.45, 2.75) is 37.5 Å². The Morgan fingerprint density at radius 3 is 2.48 bits per heavy atom. The number of benzene rings is 1. The molecule has 0 atom stereocenters. The molecule has 1 aromatic heterocycles. The minimum Gasteiger partial charge on any atom is -0.346 e. The molecule has 1 saturated carbocycles. The van der Waals surface area contributed by atoms with E-state index in [2.05, 4.69) is 22.2 Å². The Hall–Kier alpha value is -1.46. The normalized spacial score (nSPS) is 21.4. The third-order valence-corrected chi connectivity index (χ3v) is 6.75. The molecule has 2 fully saturated rings. The lowest BCUT2D eigenvalue weighted by Gasteiger charge is -2.37. The second-order valence-electron chi connectivity index (χ2n) is 7.43. The summed E-state index contributed by atoms with van der Waals surface area (Å²) in [4.78, 5) is 9.77. The molecule has 2 aliphatic rings. The Kier molecular flexibility index (Phi) is 4.78. The predicted octanol–water partition coefficient (Wildman–Crippen LogP) is 4.28. The van der Waals surface area contributed by atoms with Crippen molar-refractivity contribution in [1.29, 1.82) is 0 Å². The first-order valence-electron chi connectivity index (χ1n) is 9.33. The second kappa shape index (κ2) is 7.04. The summed E-state index contributed by atoms with van der Waals surface area (Å²) in [5.74, 6) is -0.0847. The lowest BCUT2D eigenvalue weighted by Crippen LogP contribution is -2.44. The summed E-state index contributed by atoms with van der Waals surface area (Å²) in [6, 6.07) is 7.31. The molecule has 5 heteroatoms. The zero-order valence-corrected chi connectivity index (χ0v) is 15.7. The van der Waals surface area contributed by atoms with Crippen LogP contribution in [0.3, 0.4) is 0 Å². The van der Waals surface area contributed by atoms with Gasteiger partial charge in [0, 0.05) is 37.0 Å². The fraction of sp³-hybridized carbons (Fsp3) is 0.550. The van der Waals surface area contributed by atoms with Gasteiger partial charge in [0.25, 0.3) is 0 Å². The fourth-order valence-electron chi connectivity index (χ4n) is 4.30. The van der Waals surface area contributed by atoms with Crippen LogP contribution in [-0.4, -0.2) is 43.1 Å². The number of thiazole rings is 1. The molecule has 1 saturated heterocycles. The molecular weight excluding hydrogens is 333 g/mol. The van der Waals surface area contributed by atoms with Crippen molar-refractivity contribution in [2.24, 2.45) is 0 Å². The molecule has 0 bridgehead atoms. The highest BCUT2D eigenvalue weighted by molar-refractivity contribution is 7.13. The zero-order valence-electron chi connectivity index (χ0n) is 14.9. The van der Waals surface area contributed by atoms with E-state index in [-0.39, 0.29) is 11.2 Å². The number of anilines is 1. The van der Waals surface area contributed by atoms with Crippen molar-refractivity contribution in [2.75, 3.05) is 38.1 Å². The minimum atomic E-state index is -0.245. The molecule has 2 aromatic rings. The molecule has 0 N–H and O–H groups in total. The number of aromatic nitrogens is 1. The first-order chi connectivity index (χ1) is 12.2. The Labute approximate surface area is 153 Å². The topological polar surface area (TPSA) is 19.4 Å². The molecule has 4 rings (SSSR count). The summed E-state index contributed by atoms with van der Waals surface area (Å²) >= 11 is 1.72. The summed E-state index contributed by atoms with van der Waals surface area (Å²) in [5.41, 5.74) is 1.67. The number of hydrogen-bond donors (Lipinski definition) is 0. The average molecular weight is 360 g/mol. The number of hydrogen-bond acceptors (Lipinski definition) is 4. The van der Waals surface area contributed by atoms with Crippen LogP contribution in [0.1, 0.15) is 43.4 Å². The zero-order chi connectivity index (χ0) is 17.3. The van der Waals surface area contributed by atoms with Gasteiger partial charge < -0.3 is 9.80 Å². The lowest BCUT2D eigenvalue weighted by molar-refractivity contribution is 0.311. The van der Waals surface area contributed by atoms with Crippen LogP contribution in [0, 0.1) is 5.82 Å². The van der Waals surface area contributed by atoms with Crippen molar-refractivity contribution >= 4 is 16.5 Å². The Balaban J connectivity index is 1.68. The molecule has 2 heterocycles. The van der Waals surface area contributed by atoms with Gasteiger partial charge in [0.15, 0.2) is 5.13 Å². The quantitative estimate of drug-likeness (QED) is 0.815. The maximum absolute atomic E-state index is 14.7. The molecule has 0 spiro atoms. The van der Waals surface area contributed by atoms with Gasteiger partial charge >= 0.3 is 0 Å². The van der Waals surface area contributed by atoms with E-state index in [1.165, 1.54) is 6.42 Å². The lowest BCUT2D eigenvalue weighted by atomic mass is 9.67. The summed E-state index contributed by atoms with van der Waals surface area (Å²) in [6.45, 7) is 4.20. The fourth-order valence-corrected chi connectivity index (χ4v) is 5.27. The maximum atomic E-state index is 14.7. The van der Waals surface area contributed by atoms with E-state index < -0.39 is 0 Å².